The molecule has 2 heteroatoms. The first-order valence-corrected chi connectivity index (χ1v) is 7.62. The molecule has 1 saturated heterocycles. The molecule has 102 valence electrons. The number of unbranched alkanes of at least 4 members (excludes halogenated alkanes) is 2. The van der Waals surface area contributed by atoms with Crippen molar-refractivity contribution in [1.29, 1.82) is 0 Å². The van der Waals surface area contributed by atoms with Crippen molar-refractivity contribution in [2.24, 2.45) is 0 Å². The summed E-state index contributed by atoms with van der Waals surface area (Å²) >= 11 is 0. The number of aliphatic hydroxyl groups is 1. The molecule has 0 aromatic carbocycles. The quantitative estimate of drug-likeness (QED) is 0.492. The molecule has 5 atom stereocenters. The highest BCUT2D eigenvalue weighted by molar-refractivity contribution is 5.07. The van der Waals surface area contributed by atoms with Gasteiger partial charge in [0, 0.05) is 12.1 Å². The Hall–Kier alpha value is -0.0800. The number of nitrogens with zero attached hydrogens (tertiary/aromatic N) is 1. The number of hydrogen-bond acceptors (Lipinski definition) is 2. The molecule has 1 rings (SSSR count). The maximum Gasteiger partial charge on any atom is 0.0710 e. The average Bonchev–Trinajstić information content (AvgIpc) is 3.03. The SMILES string of the molecule is CCCCC[C@@H]1[C@@H]([C@H](O)CCC)N1C(C)CC. The van der Waals surface area contributed by atoms with Gasteiger partial charge in [0.05, 0.1) is 12.1 Å². The second-order valence-corrected chi connectivity index (χ2v) is 5.61. The summed E-state index contributed by atoms with van der Waals surface area (Å²) in [6.07, 6.45) is 8.38. The molecule has 0 amide bonds. The van der Waals surface area contributed by atoms with E-state index in [1.165, 1.54) is 32.1 Å². The molecule has 1 N–H and O–H groups in total. The molecule has 0 spiro atoms. The van der Waals surface area contributed by atoms with Crippen LogP contribution >= 0.6 is 0 Å². The first kappa shape index (κ1) is 15.0. The van der Waals surface area contributed by atoms with Crippen LogP contribution in [0.1, 0.15) is 72.6 Å². The Bertz CT molecular complexity index is 207. The molecule has 2 unspecified atom stereocenters. The van der Waals surface area contributed by atoms with Crippen LogP contribution in [0.15, 0.2) is 0 Å². The van der Waals surface area contributed by atoms with Gasteiger partial charge in [0.2, 0.25) is 0 Å². The fourth-order valence-electron chi connectivity index (χ4n) is 3.00. The van der Waals surface area contributed by atoms with Gasteiger partial charge in [-0.25, -0.2) is 0 Å². The van der Waals surface area contributed by atoms with Crippen LogP contribution in [0.4, 0.5) is 0 Å². The zero-order valence-electron chi connectivity index (χ0n) is 12.2. The van der Waals surface area contributed by atoms with Crippen LogP contribution in [0.5, 0.6) is 0 Å². The Labute approximate surface area is 107 Å². The first-order valence-electron chi connectivity index (χ1n) is 7.62. The Kier molecular flexibility index (Phi) is 6.50. The van der Waals surface area contributed by atoms with Crippen molar-refractivity contribution in [3.05, 3.63) is 0 Å². The minimum absolute atomic E-state index is 0.0966. The minimum atomic E-state index is -0.0966. The maximum atomic E-state index is 10.2. The molecular formula is C15H31NO. The van der Waals surface area contributed by atoms with E-state index in [2.05, 4.69) is 32.6 Å². The van der Waals surface area contributed by atoms with Crippen molar-refractivity contribution in [3.63, 3.8) is 0 Å². The molecular weight excluding hydrogens is 210 g/mol. The van der Waals surface area contributed by atoms with E-state index in [4.69, 9.17) is 0 Å². The maximum absolute atomic E-state index is 10.2. The van der Waals surface area contributed by atoms with E-state index in [0.29, 0.717) is 18.1 Å². The van der Waals surface area contributed by atoms with Gasteiger partial charge in [-0.05, 0) is 26.2 Å². The Morgan fingerprint density at radius 1 is 1.12 bits per heavy atom. The lowest BCUT2D eigenvalue weighted by atomic mass is 10.1. The van der Waals surface area contributed by atoms with Crippen molar-refractivity contribution in [2.75, 3.05) is 0 Å². The van der Waals surface area contributed by atoms with E-state index >= 15 is 0 Å². The largest absolute Gasteiger partial charge is 0.391 e. The Morgan fingerprint density at radius 2 is 1.82 bits per heavy atom. The molecule has 0 saturated carbocycles. The van der Waals surface area contributed by atoms with Gasteiger partial charge in [0.25, 0.3) is 0 Å². The molecule has 1 fully saturated rings. The highest BCUT2D eigenvalue weighted by Gasteiger charge is 2.51. The number of rotatable bonds is 9. The zero-order chi connectivity index (χ0) is 12.8. The van der Waals surface area contributed by atoms with E-state index in [0.717, 1.165) is 12.8 Å². The third kappa shape index (κ3) is 3.96. The summed E-state index contributed by atoms with van der Waals surface area (Å²) in [5.74, 6) is 0. The fourth-order valence-corrected chi connectivity index (χ4v) is 3.00. The third-order valence-corrected chi connectivity index (χ3v) is 4.21. The van der Waals surface area contributed by atoms with E-state index in [9.17, 15) is 5.11 Å². The van der Waals surface area contributed by atoms with Crippen molar-refractivity contribution in [3.8, 4) is 0 Å². The summed E-state index contributed by atoms with van der Waals surface area (Å²) in [5, 5.41) is 10.2. The topological polar surface area (TPSA) is 23.2 Å². The van der Waals surface area contributed by atoms with Gasteiger partial charge in [0.15, 0.2) is 0 Å². The van der Waals surface area contributed by atoms with Crippen molar-refractivity contribution >= 4 is 0 Å². The summed E-state index contributed by atoms with van der Waals surface area (Å²) in [7, 11) is 0. The van der Waals surface area contributed by atoms with E-state index in [-0.39, 0.29) is 6.10 Å². The van der Waals surface area contributed by atoms with Gasteiger partial charge in [-0.3, -0.25) is 4.90 Å². The third-order valence-electron chi connectivity index (χ3n) is 4.21. The highest BCUT2D eigenvalue weighted by atomic mass is 16.3. The van der Waals surface area contributed by atoms with Crippen LogP contribution in [0.3, 0.4) is 0 Å². The van der Waals surface area contributed by atoms with Crippen LogP contribution in [0, 0.1) is 0 Å². The molecule has 1 aliphatic rings. The predicted octanol–water partition coefficient (Wildman–Crippen LogP) is 3.58. The number of aliphatic hydroxyl groups excluding tert-OH is 1. The Morgan fingerprint density at radius 3 is 2.35 bits per heavy atom. The van der Waals surface area contributed by atoms with Gasteiger partial charge in [-0.1, -0.05) is 46.5 Å². The summed E-state index contributed by atoms with van der Waals surface area (Å²) < 4.78 is 0. The van der Waals surface area contributed by atoms with Gasteiger partial charge < -0.3 is 5.11 Å². The van der Waals surface area contributed by atoms with Gasteiger partial charge in [-0.15, -0.1) is 0 Å². The molecule has 0 radical (unpaired) electrons. The normalized spacial score (nSPS) is 31.2. The minimum Gasteiger partial charge on any atom is -0.391 e. The second kappa shape index (κ2) is 7.38. The first-order chi connectivity index (χ1) is 8.17. The summed E-state index contributed by atoms with van der Waals surface area (Å²) in [4.78, 5) is 2.55. The van der Waals surface area contributed by atoms with E-state index < -0.39 is 0 Å². The lowest BCUT2D eigenvalue weighted by Gasteiger charge is -2.14. The van der Waals surface area contributed by atoms with E-state index in [1.54, 1.807) is 0 Å². The Balaban J connectivity index is 2.43. The number of hydrogen-bond donors (Lipinski definition) is 1. The monoisotopic (exact) mass is 241 g/mol. The standard InChI is InChI=1S/C15H31NO/c1-5-8-9-11-13-15(14(17)10-6-2)16(13)12(4)7-3/h12-15,17H,5-11H2,1-4H3/t12?,13-,14-,15+,16?/m1/s1. The summed E-state index contributed by atoms with van der Waals surface area (Å²) in [6, 6.07) is 1.76. The van der Waals surface area contributed by atoms with Crippen LogP contribution in [0.25, 0.3) is 0 Å². The van der Waals surface area contributed by atoms with Crippen molar-refractivity contribution < 1.29 is 5.11 Å². The van der Waals surface area contributed by atoms with Crippen LogP contribution in [0.2, 0.25) is 0 Å². The van der Waals surface area contributed by atoms with Crippen molar-refractivity contribution in [2.45, 2.75) is 96.9 Å². The predicted molar refractivity (Wildman–Crippen MR) is 74.2 cm³/mol. The van der Waals surface area contributed by atoms with Crippen LogP contribution < -0.4 is 0 Å². The molecule has 2 nitrogen and oxygen atoms in total. The van der Waals surface area contributed by atoms with Crippen LogP contribution in [-0.2, 0) is 0 Å². The molecule has 0 aromatic rings. The van der Waals surface area contributed by atoms with Gasteiger partial charge >= 0.3 is 0 Å². The molecule has 17 heavy (non-hydrogen) atoms. The van der Waals surface area contributed by atoms with Crippen LogP contribution in [-0.4, -0.2) is 34.2 Å². The van der Waals surface area contributed by atoms with E-state index in [1.807, 2.05) is 0 Å². The molecule has 0 aromatic heterocycles. The highest BCUT2D eigenvalue weighted by Crippen LogP contribution is 2.39. The molecule has 0 aliphatic carbocycles. The summed E-state index contributed by atoms with van der Waals surface area (Å²) in [5.41, 5.74) is 0. The molecule has 1 heterocycles. The smallest absolute Gasteiger partial charge is 0.0710 e. The van der Waals surface area contributed by atoms with Crippen molar-refractivity contribution in [1.82, 2.24) is 4.90 Å². The average molecular weight is 241 g/mol. The summed E-state index contributed by atoms with van der Waals surface area (Å²) in [6.45, 7) is 8.95. The molecule has 1 aliphatic heterocycles. The second-order valence-electron chi connectivity index (χ2n) is 5.61. The fraction of sp³-hybridized carbons (Fsp3) is 1.00. The zero-order valence-corrected chi connectivity index (χ0v) is 12.2. The lowest BCUT2D eigenvalue weighted by molar-refractivity contribution is 0.138. The van der Waals surface area contributed by atoms with Gasteiger partial charge in [-0.2, -0.15) is 0 Å². The lowest BCUT2D eigenvalue weighted by Crippen LogP contribution is -2.23. The van der Waals surface area contributed by atoms with Gasteiger partial charge in [0.1, 0.15) is 0 Å². The molecule has 0 bridgehead atoms.